The smallest absolute Gasteiger partial charge is 0.238 e. The highest BCUT2D eigenvalue weighted by atomic mass is 79.9. The van der Waals surface area contributed by atoms with Crippen molar-refractivity contribution < 1.29 is 0 Å². The molecule has 12 rings (SSSR count). The Labute approximate surface area is 345 Å². The molecule has 278 valence electrons. The zero-order chi connectivity index (χ0) is 36.6. The molecule has 8 nitrogen and oxygen atoms in total. The monoisotopic (exact) mass is 870 g/mol. The Morgan fingerprint density at radius 1 is 0.404 bits per heavy atom. The fourth-order valence-electron chi connectivity index (χ4n) is 7.97. The fraction of sp³-hybridized carbons (Fsp3) is 0.0426. The number of hydrogen-bond donors (Lipinski definition) is 0. The molecule has 0 unspecified atom stereocenters. The van der Waals surface area contributed by atoms with Gasteiger partial charge >= 0.3 is 0 Å². The largest absolute Gasteiger partial charge is 0.309 e. The molecule has 5 heterocycles. The van der Waals surface area contributed by atoms with Crippen molar-refractivity contribution in [3.8, 4) is 17.1 Å². The molecular formula is C47H36Br2N8. The first-order valence-corrected chi connectivity index (χ1v) is 19.4. The molecule has 0 aliphatic heterocycles. The molecule has 10 heteroatoms. The molecule has 0 N–H and O–H groups in total. The summed E-state index contributed by atoms with van der Waals surface area (Å²) in [6.45, 7) is 0. The third-order valence-corrected chi connectivity index (χ3v) is 11.2. The second-order valence-electron chi connectivity index (χ2n) is 13.4. The molecule has 0 aliphatic carbocycles. The van der Waals surface area contributed by atoms with E-state index in [1.54, 1.807) is 6.33 Å². The third-order valence-electron chi connectivity index (χ3n) is 10.2. The van der Waals surface area contributed by atoms with Gasteiger partial charge in [0, 0.05) is 31.1 Å². The number of rotatable bonds is 3. The van der Waals surface area contributed by atoms with Crippen molar-refractivity contribution >= 4 is 98.3 Å². The molecule has 57 heavy (non-hydrogen) atoms. The van der Waals surface area contributed by atoms with Crippen LogP contribution in [0, 0.1) is 0 Å². The summed E-state index contributed by atoms with van der Waals surface area (Å²) in [4.78, 5) is 9.41. The van der Waals surface area contributed by atoms with Crippen molar-refractivity contribution in [3.05, 3.63) is 179 Å². The lowest BCUT2D eigenvalue weighted by molar-refractivity contribution is 0.992. The van der Waals surface area contributed by atoms with E-state index in [1.807, 2.05) is 40.9 Å². The van der Waals surface area contributed by atoms with Crippen LogP contribution in [0.1, 0.15) is 14.9 Å². The van der Waals surface area contributed by atoms with E-state index in [-0.39, 0.29) is 14.9 Å². The first-order valence-electron chi connectivity index (χ1n) is 17.8. The maximum Gasteiger partial charge on any atom is 0.238 e. The Kier molecular flexibility index (Phi) is 9.02. The van der Waals surface area contributed by atoms with Crippen LogP contribution >= 0.6 is 31.9 Å². The van der Waals surface area contributed by atoms with Gasteiger partial charge in [-0.15, -0.1) is 0 Å². The Balaban J connectivity index is 0.000000171. The summed E-state index contributed by atoms with van der Waals surface area (Å²) in [6.07, 6.45) is 1.58. The van der Waals surface area contributed by atoms with E-state index in [9.17, 15) is 0 Å². The predicted octanol–water partition coefficient (Wildman–Crippen LogP) is 13.0. The van der Waals surface area contributed by atoms with Crippen molar-refractivity contribution in [1.29, 1.82) is 0 Å². The predicted molar refractivity (Wildman–Crippen MR) is 243 cm³/mol. The molecule has 5 aromatic heterocycles. The second kappa shape index (κ2) is 14.2. The maximum atomic E-state index is 5.05. The van der Waals surface area contributed by atoms with Gasteiger partial charge in [0.05, 0.1) is 49.8 Å². The molecule has 7 aromatic carbocycles. The molecule has 0 fully saturated rings. The minimum atomic E-state index is 0. The van der Waals surface area contributed by atoms with Crippen molar-refractivity contribution in [2.24, 2.45) is 0 Å². The van der Waals surface area contributed by atoms with E-state index in [2.05, 4.69) is 187 Å². The highest BCUT2D eigenvalue weighted by Gasteiger charge is 2.19. The van der Waals surface area contributed by atoms with E-state index in [0.29, 0.717) is 0 Å². The Morgan fingerprint density at radius 2 is 0.947 bits per heavy atom. The summed E-state index contributed by atoms with van der Waals surface area (Å²) < 4.78 is 12.9. The lowest BCUT2D eigenvalue weighted by atomic mass is 10.1. The number of para-hydroxylation sites is 7. The minimum Gasteiger partial charge on any atom is -0.309 e. The molecule has 0 aliphatic rings. The Bertz CT molecular complexity index is 3440. The molecule has 0 saturated heterocycles. The molecule has 0 spiro atoms. The second-order valence-corrected chi connectivity index (χ2v) is 15.2. The van der Waals surface area contributed by atoms with Crippen LogP contribution in [-0.2, 0) is 0 Å². The van der Waals surface area contributed by atoms with Gasteiger partial charge in [-0.3, -0.25) is 13.5 Å². The highest BCUT2D eigenvalue weighted by molar-refractivity contribution is 9.10. The Morgan fingerprint density at radius 3 is 1.67 bits per heavy atom. The number of benzene rings is 7. The normalized spacial score (nSPS) is 11.4. The van der Waals surface area contributed by atoms with Gasteiger partial charge in [-0.1, -0.05) is 113 Å². The van der Waals surface area contributed by atoms with Crippen molar-refractivity contribution in [1.82, 2.24) is 37.7 Å². The van der Waals surface area contributed by atoms with Crippen LogP contribution in [0.5, 0.6) is 0 Å². The first-order chi connectivity index (χ1) is 27.1. The molecule has 0 atom stereocenters. The van der Waals surface area contributed by atoms with Crippen LogP contribution in [0.25, 0.3) is 83.5 Å². The van der Waals surface area contributed by atoms with Gasteiger partial charge < -0.3 is 4.57 Å². The topological polar surface area (TPSA) is 62.3 Å². The van der Waals surface area contributed by atoms with Gasteiger partial charge in [0.15, 0.2) is 0 Å². The van der Waals surface area contributed by atoms with Crippen molar-refractivity contribution in [2.45, 2.75) is 14.9 Å². The quantitative estimate of drug-likeness (QED) is 0.178. The van der Waals surface area contributed by atoms with Crippen molar-refractivity contribution in [3.63, 3.8) is 0 Å². The van der Waals surface area contributed by atoms with Gasteiger partial charge in [-0.05, 0) is 97.1 Å². The average molecular weight is 873 g/mol. The fourth-order valence-corrected chi connectivity index (χ4v) is 8.74. The van der Waals surface area contributed by atoms with E-state index in [0.717, 1.165) is 70.7 Å². The number of imidazole rings is 3. The lowest BCUT2D eigenvalue weighted by Crippen LogP contribution is -1.96. The summed E-state index contributed by atoms with van der Waals surface area (Å²) in [7, 11) is 0. The van der Waals surface area contributed by atoms with Gasteiger partial charge in [0.1, 0.15) is 6.33 Å². The van der Waals surface area contributed by atoms with E-state index in [1.165, 1.54) is 21.8 Å². The molecule has 0 saturated carbocycles. The zero-order valence-corrected chi connectivity index (χ0v) is 32.2. The Hall–Kier alpha value is -6.49. The highest BCUT2D eigenvalue weighted by Crippen LogP contribution is 2.36. The van der Waals surface area contributed by atoms with Crippen LogP contribution in [-0.4, -0.2) is 37.7 Å². The van der Waals surface area contributed by atoms with Gasteiger partial charge in [-0.2, -0.15) is 14.6 Å². The molecule has 12 aromatic rings. The summed E-state index contributed by atoms with van der Waals surface area (Å²) in [6, 6.07) is 57.0. The van der Waals surface area contributed by atoms with E-state index in [4.69, 9.17) is 4.98 Å². The van der Waals surface area contributed by atoms with Crippen LogP contribution in [0.4, 0.5) is 0 Å². The van der Waals surface area contributed by atoms with Gasteiger partial charge in [-0.25, -0.2) is 4.98 Å². The summed E-state index contributed by atoms with van der Waals surface area (Å²) >= 11 is 7.16. The molecular weight excluding hydrogens is 836 g/mol. The van der Waals surface area contributed by atoms with Crippen LogP contribution in [0.3, 0.4) is 0 Å². The SMILES string of the molecule is Brc1cccc(-n2c3ccccc3c3cc(-n4c5ccccc5n5c6ccccc6nc45)ccc32)c1.Brc1cccc(-n2c3ccccc3n3ncnc23)c1.C.C. The summed E-state index contributed by atoms with van der Waals surface area (Å²) in [5.41, 5.74) is 12.2. The summed E-state index contributed by atoms with van der Waals surface area (Å²) in [5.74, 6) is 1.74. The zero-order valence-electron chi connectivity index (χ0n) is 29.0. The number of aromatic nitrogens is 8. The number of nitrogens with zero attached hydrogens (tertiary/aromatic N) is 8. The number of fused-ring (bicyclic) bond motifs is 11. The minimum absolute atomic E-state index is 0. The molecule has 0 radical (unpaired) electrons. The number of hydrogen-bond acceptors (Lipinski definition) is 3. The summed E-state index contributed by atoms with van der Waals surface area (Å²) in [5, 5.41) is 6.74. The molecule has 0 amide bonds. The van der Waals surface area contributed by atoms with E-state index >= 15 is 0 Å². The van der Waals surface area contributed by atoms with Gasteiger partial charge in [0.2, 0.25) is 11.6 Å². The maximum absolute atomic E-state index is 5.05. The third kappa shape index (κ3) is 5.66. The van der Waals surface area contributed by atoms with Gasteiger partial charge in [0.25, 0.3) is 0 Å². The molecule has 0 bridgehead atoms. The van der Waals surface area contributed by atoms with Crippen LogP contribution in [0.2, 0.25) is 0 Å². The van der Waals surface area contributed by atoms with Crippen LogP contribution < -0.4 is 0 Å². The van der Waals surface area contributed by atoms with E-state index < -0.39 is 0 Å². The van der Waals surface area contributed by atoms with Crippen LogP contribution in [0.15, 0.2) is 179 Å². The number of halogens is 2. The van der Waals surface area contributed by atoms with Crippen molar-refractivity contribution in [2.75, 3.05) is 0 Å². The standard InChI is InChI=1S/C31H19BrN4.C14H9BrN4.2CH4/c32-20-8-7-9-21(18-20)34-26-12-3-1-10-23(26)24-19-22(16-17-27(24)34)35-29-14-5-6-15-30(29)36-28-13-4-2-11-25(28)33-31(35)36;15-10-4-3-5-11(8-10)18-12-6-1-2-7-13(12)19-14(18)16-9-17-19;;/h1-19H;1-9H;2*1H4. The first kappa shape index (κ1) is 36.2. The average Bonchev–Trinajstić information content (AvgIpc) is 4.03. The lowest BCUT2D eigenvalue weighted by Gasteiger charge is -2.09.